The van der Waals surface area contributed by atoms with Gasteiger partial charge in [-0.15, -0.1) is 0 Å². The van der Waals surface area contributed by atoms with E-state index in [1.807, 2.05) is 0 Å². The van der Waals surface area contributed by atoms with Gasteiger partial charge in [0.1, 0.15) is 0 Å². The van der Waals surface area contributed by atoms with Gasteiger partial charge in [0.15, 0.2) is 0 Å². The van der Waals surface area contributed by atoms with E-state index in [4.69, 9.17) is 0 Å². The zero-order valence-electron chi connectivity index (χ0n) is 26.7. The van der Waals surface area contributed by atoms with Crippen molar-refractivity contribution in [2.45, 2.75) is 182 Å². The van der Waals surface area contributed by atoms with Crippen LogP contribution in [0, 0.1) is 23.7 Å². The van der Waals surface area contributed by atoms with Crippen molar-refractivity contribution in [1.29, 1.82) is 0 Å². The average Bonchev–Trinajstić information content (AvgIpc) is 3.59. The molecule has 0 amide bonds. The maximum absolute atomic E-state index is 3.76. The van der Waals surface area contributed by atoms with Crippen molar-refractivity contribution in [1.82, 2.24) is 10.2 Å². The molecular weight excluding hydrogens is 424 g/mol. The predicted octanol–water partition coefficient (Wildman–Crippen LogP) is 9.86. The van der Waals surface area contributed by atoms with Gasteiger partial charge in [0.25, 0.3) is 0 Å². The van der Waals surface area contributed by atoms with Gasteiger partial charge < -0.3 is 5.32 Å². The van der Waals surface area contributed by atoms with Gasteiger partial charge in [0.2, 0.25) is 0 Å². The third-order valence-electron chi connectivity index (χ3n) is 8.92. The average molecular weight is 493 g/mol. The molecule has 2 nitrogen and oxygen atoms in total. The van der Waals surface area contributed by atoms with Crippen molar-refractivity contribution in [2.24, 2.45) is 23.7 Å². The van der Waals surface area contributed by atoms with E-state index >= 15 is 0 Å². The largest absolute Gasteiger partial charge is 0.307 e. The van der Waals surface area contributed by atoms with E-state index in [1.54, 1.807) is 0 Å². The molecule has 2 saturated carbocycles. The second kappa shape index (κ2) is 13.6. The molecule has 4 rings (SSSR count). The molecule has 0 radical (unpaired) electrons. The zero-order chi connectivity index (χ0) is 27.1. The first kappa shape index (κ1) is 32.9. The summed E-state index contributed by atoms with van der Waals surface area (Å²) in [7, 11) is 2.29. The molecule has 210 valence electrons. The van der Waals surface area contributed by atoms with Crippen LogP contribution >= 0.6 is 0 Å². The van der Waals surface area contributed by atoms with Crippen molar-refractivity contribution < 1.29 is 0 Å². The number of hydrogen-bond acceptors (Lipinski definition) is 2. The summed E-state index contributed by atoms with van der Waals surface area (Å²) in [4.78, 5) is 2.58. The van der Waals surface area contributed by atoms with E-state index in [-0.39, 0.29) is 0 Å². The number of nitrogens with zero attached hydrogens (tertiary/aromatic N) is 1. The van der Waals surface area contributed by atoms with Crippen molar-refractivity contribution in [2.75, 3.05) is 7.05 Å². The molecule has 0 bridgehead atoms. The summed E-state index contributed by atoms with van der Waals surface area (Å²) in [5, 5.41) is 3.76. The van der Waals surface area contributed by atoms with E-state index in [0.29, 0.717) is 22.2 Å². The summed E-state index contributed by atoms with van der Waals surface area (Å²) in [6, 6.07) is 0. The van der Waals surface area contributed by atoms with E-state index in [1.165, 1.54) is 77.0 Å². The summed E-state index contributed by atoms with van der Waals surface area (Å²) < 4.78 is 0. The first-order chi connectivity index (χ1) is 15.9. The summed E-state index contributed by atoms with van der Waals surface area (Å²) in [5.41, 5.74) is 1.35. The summed E-state index contributed by atoms with van der Waals surface area (Å²) in [6.07, 6.45) is 16.8. The molecule has 0 aromatic carbocycles. The maximum Gasteiger partial charge on any atom is 0.0158 e. The van der Waals surface area contributed by atoms with Crippen molar-refractivity contribution in [3.63, 3.8) is 0 Å². The molecule has 2 heterocycles. The van der Waals surface area contributed by atoms with Crippen LogP contribution in [0.2, 0.25) is 0 Å². The third kappa shape index (κ3) is 15.1. The van der Waals surface area contributed by atoms with Gasteiger partial charge in [-0.3, -0.25) is 4.90 Å². The fourth-order valence-corrected chi connectivity index (χ4v) is 6.19. The first-order valence-electron chi connectivity index (χ1n) is 15.4. The summed E-state index contributed by atoms with van der Waals surface area (Å²) in [6.45, 7) is 28.2. The quantitative estimate of drug-likeness (QED) is 0.362. The van der Waals surface area contributed by atoms with Crippen LogP contribution in [0.25, 0.3) is 0 Å². The molecule has 2 saturated heterocycles. The van der Waals surface area contributed by atoms with E-state index < -0.39 is 0 Å². The Balaban J connectivity index is 0.000000265. The lowest BCUT2D eigenvalue weighted by Crippen LogP contribution is -2.54. The van der Waals surface area contributed by atoms with Gasteiger partial charge >= 0.3 is 0 Å². The second-order valence-corrected chi connectivity index (χ2v) is 15.8. The van der Waals surface area contributed by atoms with Crippen molar-refractivity contribution in [3.8, 4) is 0 Å². The van der Waals surface area contributed by atoms with Crippen LogP contribution < -0.4 is 5.32 Å². The lowest BCUT2D eigenvalue weighted by molar-refractivity contribution is 0.00978. The standard InChI is InChI=1S/C13H27N.C12H25N.2C4H8/c1-11-8-7-9-12(2,3)14(6)13(4,5)10-11;1-10-7-6-8-11(2,3)13-12(4,5)9-10;2*1-4-2-3-4/h11H,7-10H2,1-6H3;10,13H,6-9H2,1-5H3;2*4H,2-3H2,1H3. The van der Waals surface area contributed by atoms with Gasteiger partial charge in [-0.05, 0) is 112 Å². The molecule has 4 aliphatic rings. The molecule has 2 atom stereocenters. The molecule has 0 aromatic rings. The van der Waals surface area contributed by atoms with Crippen LogP contribution in [-0.4, -0.2) is 34.1 Å². The van der Waals surface area contributed by atoms with Crippen LogP contribution in [0.15, 0.2) is 0 Å². The highest BCUT2D eigenvalue weighted by atomic mass is 15.2. The SMILES string of the molecule is CC1CC1.CC1CC1.CC1CCCC(C)(C)N(C)C(C)(C)C1.CC1CCCC(C)(C)NC(C)(C)C1. The Bertz CT molecular complexity index is 570. The summed E-state index contributed by atoms with van der Waals surface area (Å²) >= 11 is 0. The maximum atomic E-state index is 3.76. The fraction of sp³-hybridized carbons (Fsp3) is 1.00. The second-order valence-electron chi connectivity index (χ2n) is 15.8. The van der Waals surface area contributed by atoms with Crippen LogP contribution in [0.1, 0.15) is 160 Å². The van der Waals surface area contributed by atoms with Crippen LogP contribution in [-0.2, 0) is 0 Å². The molecule has 2 heteroatoms. The number of hydrogen-bond donors (Lipinski definition) is 1. The topological polar surface area (TPSA) is 15.3 Å². The normalized spacial score (nSPS) is 31.8. The fourth-order valence-electron chi connectivity index (χ4n) is 6.19. The van der Waals surface area contributed by atoms with Crippen molar-refractivity contribution in [3.05, 3.63) is 0 Å². The Morgan fingerprint density at radius 2 is 0.914 bits per heavy atom. The molecule has 0 aromatic heterocycles. The van der Waals surface area contributed by atoms with Gasteiger partial charge in [-0.25, -0.2) is 0 Å². The van der Waals surface area contributed by atoms with Crippen LogP contribution in [0.4, 0.5) is 0 Å². The molecule has 0 spiro atoms. The van der Waals surface area contributed by atoms with E-state index in [0.717, 1.165) is 23.7 Å². The van der Waals surface area contributed by atoms with Gasteiger partial charge in [0, 0.05) is 22.2 Å². The predicted molar refractivity (Wildman–Crippen MR) is 159 cm³/mol. The van der Waals surface area contributed by atoms with E-state index in [2.05, 4.69) is 100 Å². The molecular formula is C33H68N2. The monoisotopic (exact) mass is 493 g/mol. The number of likely N-dealkylation sites (tertiary alicyclic amines) is 1. The summed E-state index contributed by atoms with van der Waals surface area (Å²) in [5.74, 6) is 3.92. The third-order valence-corrected chi connectivity index (χ3v) is 8.92. The molecule has 2 unspecified atom stereocenters. The van der Waals surface area contributed by atoms with Gasteiger partial charge in [-0.1, -0.05) is 79.1 Å². The smallest absolute Gasteiger partial charge is 0.0158 e. The van der Waals surface area contributed by atoms with Crippen LogP contribution in [0.3, 0.4) is 0 Å². The van der Waals surface area contributed by atoms with Crippen molar-refractivity contribution >= 4 is 0 Å². The number of rotatable bonds is 0. The minimum absolute atomic E-state index is 0.309. The molecule has 4 fully saturated rings. The molecule has 35 heavy (non-hydrogen) atoms. The molecule has 1 N–H and O–H groups in total. The van der Waals surface area contributed by atoms with Gasteiger partial charge in [-0.2, -0.15) is 0 Å². The lowest BCUT2D eigenvalue weighted by Gasteiger charge is -2.49. The van der Waals surface area contributed by atoms with Crippen LogP contribution in [0.5, 0.6) is 0 Å². The Morgan fingerprint density at radius 1 is 0.514 bits per heavy atom. The zero-order valence-corrected chi connectivity index (χ0v) is 26.7. The first-order valence-corrected chi connectivity index (χ1v) is 15.4. The highest BCUT2D eigenvalue weighted by Gasteiger charge is 2.37. The Morgan fingerprint density at radius 3 is 1.34 bits per heavy atom. The number of nitrogens with one attached hydrogen (secondary N) is 1. The minimum Gasteiger partial charge on any atom is -0.307 e. The minimum atomic E-state index is 0.309. The molecule has 2 aliphatic heterocycles. The molecule has 2 aliphatic carbocycles. The highest BCUT2D eigenvalue weighted by Crippen LogP contribution is 2.36. The Kier molecular flexibility index (Phi) is 12.8. The van der Waals surface area contributed by atoms with E-state index in [9.17, 15) is 0 Å². The Hall–Kier alpha value is -0.0800. The lowest BCUT2D eigenvalue weighted by atomic mass is 9.79. The highest BCUT2D eigenvalue weighted by molar-refractivity contribution is 4.93. The Labute approximate surface area is 223 Å². The van der Waals surface area contributed by atoms with Gasteiger partial charge in [0.05, 0.1) is 0 Å².